The van der Waals surface area contributed by atoms with Crippen LogP contribution in [0.3, 0.4) is 0 Å². The van der Waals surface area contributed by atoms with Crippen LogP contribution in [0.5, 0.6) is 0 Å². The molecule has 0 radical (unpaired) electrons. The van der Waals surface area contributed by atoms with Crippen LogP contribution in [0.4, 0.5) is 5.82 Å². The number of rotatable bonds is 8. The number of ether oxygens (including phenoxy) is 1. The number of aromatic nitrogens is 2. The molecule has 0 bridgehead atoms. The maximum atomic E-state index is 11.6. The number of pyridine rings is 1. The van der Waals surface area contributed by atoms with E-state index in [0.717, 1.165) is 42.8 Å². The summed E-state index contributed by atoms with van der Waals surface area (Å²) in [4.78, 5) is 16.2. The van der Waals surface area contributed by atoms with E-state index < -0.39 is 0 Å². The summed E-state index contributed by atoms with van der Waals surface area (Å²) in [6.45, 7) is 4.46. The third-order valence-corrected chi connectivity index (χ3v) is 3.60. The predicted octanol–water partition coefficient (Wildman–Crippen LogP) is 3.70. The van der Waals surface area contributed by atoms with Crippen molar-refractivity contribution in [1.29, 1.82) is 0 Å². The molecule has 2 aromatic rings. The molecular formula is C16H22ClN3O2. The largest absolute Gasteiger partial charge is 0.465 e. The molecule has 0 amide bonds. The number of unbranched alkanes of at least 4 members (excludes halogenated alkanes) is 2. The molecule has 2 aromatic heterocycles. The van der Waals surface area contributed by atoms with Gasteiger partial charge in [0.1, 0.15) is 18.0 Å². The lowest BCUT2D eigenvalue weighted by molar-refractivity contribution is -0.140. The summed E-state index contributed by atoms with van der Waals surface area (Å²) in [5.41, 5.74) is 1.78. The normalized spacial score (nSPS) is 10.9. The summed E-state index contributed by atoms with van der Waals surface area (Å²) < 4.78 is 6.85. The van der Waals surface area contributed by atoms with E-state index in [9.17, 15) is 4.79 Å². The van der Waals surface area contributed by atoms with Crippen molar-refractivity contribution < 1.29 is 9.53 Å². The van der Waals surface area contributed by atoms with Crippen LogP contribution in [-0.4, -0.2) is 28.5 Å². The van der Waals surface area contributed by atoms with Crippen LogP contribution in [0.25, 0.3) is 5.65 Å². The summed E-state index contributed by atoms with van der Waals surface area (Å²) in [5.74, 6) is 0.542. The molecule has 1 N–H and O–H groups in total. The Hall–Kier alpha value is -1.75. The minimum Gasteiger partial charge on any atom is -0.465 e. The lowest BCUT2D eigenvalue weighted by atomic mass is 10.1. The van der Waals surface area contributed by atoms with Gasteiger partial charge in [-0.3, -0.25) is 9.20 Å². The van der Waals surface area contributed by atoms with Crippen molar-refractivity contribution in [2.45, 2.75) is 39.5 Å². The van der Waals surface area contributed by atoms with Crippen molar-refractivity contribution in [3.05, 3.63) is 29.0 Å². The number of halogens is 1. The number of nitrogens with one attached hydrogen (secondary N) is 1. The lowest BCUT2D eigenvalue weighted by Gasteiger charge is -2.08. The molecule has 0 saturated heterocycles. The number of carbonyl (C=O) groups is 1. The van der Waals surface area contributed by atoms with Crippen molar-refractivity contribution in [2.75, 3.05) is 18.5 Å². The topological polar surface area (TPSA) is 55.6 Å². The summed E-state index contributed by atoms with van der Waals surface area (Å²) >= 11 is 6.07. The number of carbonyl (C=O) groups excluding carboxylic acids is 1. The minimum atomic E-state index is -0.279. The first-order valence-electron chi connectivity index (χ1n) is 7.71. The molecule has 0 fully saturated rings. The highest BCUT2D eigenvalue weighted by Crippen LogP contribution is 2.22. The van der Waals surface area contributed by atoms with Gasteiger partial charge in [-0.15, -0.1) is 0 Å². The molecule has 2 heterocycles. The van der Waals surface area contributed by atoms with Gasteiger partial charge in [0.25, 0.3) is 0 Å². The number of aryl methyl sites for hydroxylation is 1. The molecule has 0 aliphatic heterocycles. The Morgan fingerprint density at radius 2 is 2.18 bits per heavy atom. The van der Waals surface area contributed by atoms with E-state index >= 15 is 0 Å². The maximum Gasteiger partial charge on any atom is 0.325 e. The van der Waals surface area contributed by atoms with Gasteiger partial charge in [0.15, 0.2) is 0 Å². The van der Waals surface area contributed by atoms with Crippen molar-refractivity contribution in [2.24, 2.45) is 0 Å². The molecule has 22 heavy (non-hydrogen) atoms. The number of anilines is 1. The van der Waals surface area contributed by atoms with E-state index in [1.807, 2.05) is 16.5 Å². The molecule has 0 aliphatic carbocycles. The number of hydrogen-bond acceptors (Lipinski definition) is 4. The molecule has 120 valence electrons. The first-order valence-corrected chi connectivity index (χ1v) is 8.09. The molecule has 0 unspecified atom stereocenters. The first kappa shape index (κ1) is 16.6. The average molecular weight is 324 g/mol. The van der Waals surface area contributed by atoms with Gasteiger partial charge in [-0.05, 0) is 31.9 Å². The summed E-state index contributed by atoms with van der Waals surface area (Å²) in [6, 6.07) is 3.69. The Bertz CT molecular complexity index is 640. The zero-order chi connectivity index (χ0) is 15.9. The van der Waals surface area contributed by atoms with Crippen LogP contribution in [0.1, 0.15) is 38.8 Å². The highest BCUT2D eigenvalue weighted by atomic mass is 35.5. The Labute approximate surface area is 135 Å². The van der Waals surface area contributed by atoms with E-state index in [4.69, 9.17) is 16.3 Å². The number of hydrogen-bond donors (Lipinski definition) is 1. The third kappa shape index (κ3) is 4.13. The molecule has 2 rings (SSSR count). The second-order valence-corrected chi connectivity index (χ2v) is 5.53. The Balaban J connectivity index is 2.23. The smallest absolute Gasteiger partial charge is 0.325 e. The van der Waals surface area contributed by atoms with Gasteiger partial charge < -0.3 is 10.1 Å². The predicted molar refractivity (Wildman–Crippen MR) is 88.6 cm³/mol. The van der Waals surface area contributed by atoms with Crippen molar-refractivity contribution in [3.63, 3.8) is 0 Å². The number of imidazole rings is 1. The summed E-state index contributed by atoms with van der Waals surface area (Å²) in [7, 11) is 0. The van der Waals surface area contributed by atoms with Crippen LogP contribution in [0, 0.1) is 0 Å². The SMILES string of the molecule is CCCCCc1nc2ccc(Cl)cn2c1NCC(=O)OCC. The maximum absolute atomic E-state index is 11.6. The van der Waals surface area contributed by atoms with Crippen LogP contribution < -0.4 is 5.32 Å². The molecular weight excluding hydrogens is 302 g/mol. The highest BCUT2D eigenvalue weighted by Gasteiger charge is 2.13. The Morgan fingerprint density at radius 1 is 1.36 bits per heavy atom. The van der Waals surface area contributed by atoms with E-state index in [0.29, 0.717) is 11.6 Å². The van der Waals surface area contributed by atoms with E-state index in [1.54, 1.807) is 13.1 Å². The van der Waals surface area contributed by atoms with Crippen molar-refractivity contribution in [1.82, 2.24) is 9.38 Å². The van der Waals surface area contributed by atoms with Gasteiger partial charge in [0, 0.05) is 6.20 Å². The van der Waals surface area contributed by atoms with Gasteiger partial charge in [0.2, 0.25) is 0 Å². The molecule has 0 spiro atoms. The minimum absolute atomic E-state index is 0.120. The molecule has 0 saturated carbocycles. The number of nitrogens with zero attached hydrogens (tertiary/aromatic N) is 2. The van der Waals surface area contributed by atoms with Crippen molar-refractivity contribution in [3.8, 4) is 0 Å². The van der Waals surface area contributed by atoms with Crippen LogP contribution in [0.2, 0.25) is 5.02 Å². The lowest BCUT2D eigenvalue weighted by Crippen LogP contribution is -2.18. The quantitative estimate of drug-likeness (QED) is 0.594. The summed E-state index contributed by atoms with van der Waals surface area (Å²) in [6.07, 6.45) is 6.07. The third-order valence-electron chi connectivity index (χ3n) is 3.38. The summed E-state index contributed by atoms with van der Waals surface area (Å²) in [5, 5.41) is 3.77. The van der Waals surface area contributed by atoms with Gasteiger partial charge in [-0.2, -0.15) is 0 Å². The average Bonchev–Trinajstić information content (AvgIpc) is 2.83. The van der Waals surface area contributed by atoms with Gasteiger partial charge >= 0.3 is 5.97 Å². The number of fused-ring (bicyclic) bond motifs is 1. The Morgan fingerprint density at radius 3 is 2.91 bits per heavy atom. The zero-order valence-corrected chi connectivity index (χ0v) is 13.8. The van der Waals surface area contributed by atoms with Gasteiger partial charge in [-0.25, -0.2) is 4.98 Å². The molecule has 0 atom stereocenters. The fraction of sp³-hybridized carbons (Fsp3) is 0.500. The molecule has 5 nitrogen and oxygen atoms in total. The van der Waals surface area contributed by atoms with Crippen molar-refractivity contribution >= 4 is 29.0 Å². The highest BCUT2D eigenvalue weighted by molar-refractivity contribution is 6.30. The Kier molecular flexibility index (Phi) is 6.07. The fourth-order valence-corrected chi connectivity index (χ4v) is 2.50. The van der Waals surface area contributed by atoms with Crippen LogP contribution in [-0.2, 0) is 16.0 Å². The standard InChI is InChI=1S/C16H22ClN3O2/c1-3-5-6-7-13-16(18-10-15(21)22-4-2)20-11-12(17)8-9-14(20)19-13/h8-9,11,18H,3-7,10H2,1-2H3. The second kappa shape index (κ2) is 8.03. The molecule has 0 aromatic carbocycles. The van der Waals surface area contributed by atoms with Gasteiger partial charge in [-0.1, -0.05) is 31.4 Å². The number of esters is 1. The molecule has 6 heteroatoms. The van der Waals surface area contributed by atoms with Crippen LogP contribution >= 0.6 is 11.6 Å². The second-order valence-electron chi connectivity index (χ2n) is 5.10. The molecule has 0 aliphatic rings. The zero-order valence-electron chi connectivity index (χ0n) is 13.1. The fourth-order valence-electron chi connectivity index (χ4n) is 2.34. The van der Waals surface area contributed by atoms with Gasteiger partial charge in [0.05, 0.1) is 17.3 Å². The van der Waals surface area contributed by atoms with Crippen LogP contribution in [0.15, 0.2) is 18.3 Å². The van der Waals surface area contributed by atoms with E-state index in [1.165, 1.54) is 0 Å². The first-order chi connectivity index (χ1) is 10.7. The van der Waals surface area contributed by atoms with E-state index in [2.05, 4.69) is 17.2 Å². The monoisotopic (exact) mass is 323 g/mol. The van der Waals surface area contributed by atoms with E-state index in [-0.39, 0.29) is 12.5 Å².